The molecule has 1 rings (SSSR count). The van der Waals surface area contributed by atoms with Crippen molar-refractivity contribution in [2.24, 2.45) is 0 Å². The zero-order valence-corrected chi connectivity index (χ0v) is 10.4. The molecule has 5 heteroatoms. The quantitative estimate of drug-likeness (QED) is 0.832. The lowest BCUT2D eigenvalue weighted by atomic mass is 10.3. The van der Waals surface area contributed by atoms with Gasteiger partial charge >= 0.3 is 0 Å². The summed E-state index contributed by atoms with van der Waals surface area (Å²) in [5, 5.41) is 14.5. The van der Waals surface area contributed by atoms with Gasteiger partial charge in [-0.25, -0.2) is 0 Å². The van der Waals surface area contributed by atoms with E-state index in [0.29, 0.717) is 13.2 Å². The molecule has 0 amide bonds. The van der Waals surface area contributed by atoms with Crippen LogP contribution in [0.2, 0.25) is 0 Å². The van der Waals surface area contributed by atoms with Crippen LogP contribution in [0.4, 0.5) is 0 Å². The van der Waals surface area contributed by atoms with Crippen molar-refractivity contribution < 1.29 is 9.84 Å². The van der Waals surface area contributed by atoms with Gasteiger partial charge in [-0.2, -0.15) is 0 Å². The SMILES string of the molecule is COCC(O)CNCc1cc(Br)cs1. The zero-order chi connectivity index (χ0) is 10.4. The van der Waals surface area contributed by atoms with Crippen LogP contribution < -0.4 is 5.32 Å². The first-order valence-electron chi connectivity index (χ1n) is 4.33. The van der Waals surface area contributed by atoms with Crippen LogP contribution in [0.25, 0.3) is 0 Å². The van der Waals surface area contributed by atoms with Crippen molar-refractivity contribution in [3.8, 4) is 0 Å². The molecule has 0 fully saturated rings. The Balaban J connectivity index is 2.15. The molecule has 1 unspecified atom stereocenters. The molecule has 3 nitrogen and oxygen atoms in total. The minimum atomic E-state index is -0.427. The summed E-state index contributed by atoms with van der Waals surface area (Å²) >= 11 is 5.08. The Morgan fingerprint density at radius 2 is 2.50 bits per heavy atom. The Hall–Kier alpha value is 0.0600. The molecule has 1 heterocycles. The van der Waals surface area contributed by atoms with Crippen LogP contribution in [-0.2, 0) is 11.3 Å². The summed E-state index contributed by atoms with van der Waals surface area (Å²) in [4.78, 5) is 1.25. The van der Waals surface area contributed by atoms with Crippen molar-refractivity contribution in [1.29, 1.82) is 0 Å². The summed E-state index contributed by atoms with van der Waals surface area (Å²) in [6.07, 6.45) is -0.427. The van der Waals surface area contributed by atoms with E-state index in [4.69, 9.17) is 4.74 Å². The van der Waals surface area contributed by atoms with Gasteiger partial charge in [-0.1, -0.05) is 0 Å². The van der Waals surface area contributed by atoms with E-state index < -0.39 is 6.10 Å². The van der Waals surface area contributed by atoms with E-state index in [9.17, 15) is 5.11 Å². The van der Waals surface area contributed by atoms with Crippen molar-refractivity contribution in [3.05, 3.63) is 20.8 Å². The van der Waals surface area contributed by atoms with Gasteiger partial charge in [-0.3, -0.25) is 0 Å². The van der Waals surface area contributed by atoms with E-state index in [2.05, 4.69) is 27.3 Å². The lowest BCUT2D eigenvalue weighted by molar-refractivity contribution is 0.0644. The molecule has 2 N–H and O–H groups in total. The molecule has 0 saturated carbocycles. The molecule has 1 aromatic heterocycles. The lowest BCUT2D eigenvalue weighted by Gasteiger charge is -2.09. The van der Waals surface area contributed by atoms with Gasteiger partial charge in [0.15, 0.2) is 0 Å². The highest BCUT2D eigenvalue weighted by Crippen LogP contribution is 2.19. The maximum Gasteiger partial charge on any atom is 0.0897 e. The van der Waals surface area contributed by atoms with E-state index in [1.54, 1.807) is 18.4 Å². The second kappa shape index (κ2) is 6.53. The fraction of sp³-hybridized carbons (Fsp3) is 0.556. The predicted molar refractivity (Wildman–Crippen MR) is 61.6 cm³/mol. The highest BCUT2D eigenvalue weighted by Gasteiger charge is 2.02. The number of aliphatic hydroxyl groups is 1. The third kappa shape index (κ3) is 4.52. The van der Waals surface area contributed by atoms with Crippen LogP contribution in [0, 0.1) is 0 Å². The minimum absolute atomic E-state index is 0.376. The molecule has 0 saturated heterocycles. The van der Waals surface area contributed by atoms with E-state index in [0.717, 1.165) is 11.0 Å². The molecule has 0 aliphatic rings. The Morgan fingerprint density at radius 1 is 1.71 bits per heavy atom. The van der Waals surface area contributed by atoms with Gasteiger partial charge in [-0.15, -0.1) is 11.3 Å². The Labute approximate surface area is 96.2 Å². The Bertz CT molecular complexity index is 267. The molecule has 0 radical (unpaired) electrons. The second-order valence-electron chi connectivity index (χ2n) is 2.97. The van der Waals surface area contributed by atoms with Gasteiger partial charge in [0, 0.05) is 34.9 Å². The molecule has 0 aliphatic carbocycles. The average Bonchev–Trinajstić information content (AvgIpc) is 2.52. The average molecular weight is 280 g/mol. The first kappa shape index (κ1) is 12.1. The van der Waals surface area contributed by atoms with E-state index >= 15 is 0 Å². The molecule has 0 aliphatic heterocycles. The molecule has 0 spiro atoms. The van der Waals surface area contributed by atoms with E-state index in [-0.39, 0.29) is 0 Å². The molecular weight excluding hydrogens is 266 g/mol. The molecule has 0 bridgehead atoms. The largest absolute Gasteiger partial charge is 0.389 e. The van der Waals surface area contributed by atoms with Gasteiger partial charge in [0.2, 0.25) is 0 Å². The Kier molecular flexibility index (Phi) is 5.66. The number of aliphatic hydroxyl groups excluding tert-OH is 1. The number of thiophene rings is 1. The van der Waals surface area contributed by atoms with Crippen LogP contribution in [0.1, 0.15) is 4.88 Å². The first-order chi connectivity index (χ1) is 6.72. The fourth-order valence-corrected chi connectivity index (χ4v) is 2.48. The number of nitrogens with one attached hydrogen (secondary N) is 1. The maximum atomic E-state index is 9.34. The standard InChI is InChI=1S/C9H14BrNO2S/c1-13-5-8(12)3-11-4-9-2-7(10)6-14-9/h2,6,8,11-12H,3-5H2,1H3. The first-order valence-corrected chi connectivity index (χ1v) is 6.00. The molecule has 1 aromatic rings. The third-order valence-corrected chi connectivity index (χ3v) is 3.36. The minimum Gasteiger partial charge on any atom is -0.389 e. The van der Waals surface area contributed by atoms with Crippen LogP contribution >= 0.6 is 27.3 Å². The number of ether oxygens (including phenoxy) is 1. The van der Waals surface area contributed by atoms with Crippen LogP contribution in [0.3, 0.4) is 0 Å². The summed E-state index contributed by atoms with van der Waals surface area (Å²) < 4.78 is 5.92. The van der Waals surface area contributed by atoms with Crippen molar-refractivity contribution in [1.82, 2.24) is 5.32 Å². The highest BCUT2D eigenvalue weighted by atomic mass is 79.9. The van der Waals surface area contributed by atoms with Crippen LogP contribution in [0.15, 0.2) is 15.9 Å². The summed E-state index contributed by atoms with van der Waals surface area (Å²) in [5.74, 6) is 0. The van der Waals surface area contributed by atoms with Crippen molar-refractivity contribution in [2.45, 2.75) is 12.6 Å². The second-order valence-corrected chi connectivity index (χ2v) is 4.88. The van der Waals surface area contributed by atoms with Crippen LogP contribution in [0.5, 0.6) is 0 Å². The van der Waals surface area contributed by atoms with Gasteiger partial charge in [0.1, 0.15) is 0 Å². The molecule has 0 aromatic carbocycles. The van der Waals surface area contributed by atoms with E-state index in [1.807, 2.05) is 5.38 Å². The summed E-state index contributed by atoms with van der Waals surface area (Å²) in [5.41, 5.74) is 0. The molecule has 80 valence electrons. The van der Waals surface area contributed by atoms with Gasteiger partial charge in [0.05, 0.1) is 12.7 Å². The number of hydrogen-bond donors (Lipinski definition) is 2. The van der Waals surface area contributed by atoms with Crippen molar-refractivity contribution in [3.63, 3.8) is 0 Å². The van der Waals surface area contributed by atoms with Crippen LogP contribution in [-0.4, -0.2) is 31.5 Å². The van der Waals surface area contributed by atoms with Crippen molar-refractivity contribution in [2.75, 3.05) is 20.3 Å². The zero-order valence-electron chi connectivity index (χ0n) is 8.00. The Morgan fingerprint density at radius 3 is 3.07 bits per heavy atom. The van der Waals surface area contributed by atoms with Gasteiger partial charge < -0.3 is 15.2 Å². The molecular formula is C9H14BrNO2S. The molecule has 1 atom stereocenters. The maximum absolute atomic E-state index is 9.34. The number of rotatable bonds is 6. The number of hydrogen-bond acceptors (Lipinski definition) is 4. The number of methoxy groups -OCH3 is 1. The van der Waals surface area contributed by atoms with Gasteiger partial charge in [0.25, 0.3) is 0 Å². The monoisotopic (exact) mass is 279 g/mol. The highest BCUT2D eigenvalue weighted by molar-refractivity contribution is 9.10. The topological polar surface area (TPSA) is 41.5 Å². The normalized spacial score (nSPS) is 13.1. The van der Waals surface area contributed by atoms with Gasteiger partial charge in [-0.05, 0) is 22.0 Å². The van der Waals surface area contributed by atoms with Crippen molar-refractivity contribution >= 4 is 27.3 Å². The molecule has 14 heavy (non-hydrogen) atoms. The predicted octanol–water partition coefficient (Wildman–Crippen LogP) is 1.61. The third-order valence-electron chi connectivity index (χ3n) is 1.66. The summed E-state index contributed by atoms with van der Waals surface area (Å²) in [6, 6.07) is 2.07. The smallest absolute Gasteiger partial charge is 0.0897 e. The lowest BCUT2D eigenvalue weighted by Crippen LogP contribution is -2.29. The summed E-state index contributed by atoms with van der Waals surface area (Å²) in [6.45, 7) is 1.72. The fourth-order valence-electron chi connectivity index (χ4n) is 1.06. The summed E-state index contributed by atoms with van der Waals surface area (Å²) in [7, 11) is 1.58. The van der Waals surface area contributed by atoms with E-state index in [1.165, 1.54) is 4.88 Å². The number of halogens is 1.